The minimum absolute atomic E-state index is 0.811. The van der Waals surface area contributed by atoms with Crippen molar-refractivity contribution in [1.29, 1.82) is 0 Å². The molecule has 0 fully saturated rings. The van der Waals surface area contributed by atoms with Gasteiger partial charge < -0.3 is 0 Å². The van der Waals surface area contributed by atoms with E-state index in [-0.39, 0.29) is 0 Å². The van der Waals surface area contributed by atoms with Crippen LogP contribution in [-0.4, -0.2) is 32.3 Å². The van der Waals surface area contributed by atoms with Crippen LogP contribution in [0.15, 0.2) is 9.29 Å². The van der Waals surface area contributed by atoms with Crippen molar-refractivity contribution >= 4 is 38.1 Å². The summed E-state index contributed by atoms with van der Waals surface area (Å²) in [5.41, 5.74) is 2.63. The maximum atomic E-state index is 5.77. The van der Waals surface area contributed by atoms with Gasteiger partial charge in [0.2, 0.25) is 0 Å². The van der Waals surface area contributed by atoms with Gasteiger partial charge in [0, 0.05) is 0 Å². The molecule has 0 aliphatic rings. The molecular weight excluding hydrogens is 314 g/mol. The fraction of sp³-hybridized carbons (Fsp3) is 0.818. The van der Waals surface area contributed by atoms with Gasteiger partial charge in [-0.3, -0.25) is 0 Å². The summed E-state index contributed by atoms with van der Waals surface area (Å²) in [6.07, 6.45) is 2.42. The van der Waals surface area contributed by atoms with Crippen LogP contribution in [0.2, 0.25) is 34.5 Å². The van der Waals surface area contributed by atoms with Gasteiger partial charge in [0.1, 0.15) is 0 Å². The molecule has 0 aromatic carbocycles. The number of allylic oxidation sites excluding steroid dienone is 1. The van der Waals surface area contributed by atoms with E-state index in [0.29, 0.717) is 0 Å². The number of hydrogen-bond acceptors (Lipinski definition) is 0. The summed E-state index contributed by atoms with van der Waals surface area (Å²) in [4.78, 5) is 7.53. The maximum absolute atomic E-state index is 5.77. The molecule has 3 heteroatoms. The average Bonchev–Trinajstić information content (AvgIpc) is 1.93. The molecule has 0 unspecified atom stereocenters. The van der Waals surface area contributed by atoms with Crippen molar-refractivity contribution in [3.05, 3.63) is 9.29 Å². The first kappa shape index (κ1) is 15.0. The second kappa shape index (κ2) is 5.95. The Morgan fingerprint density at radius 2 is 1.71 bits per heavy atom. The molecule has 0 atom stereocenters. The van der Waals surface area contributed by atoms with Crippen molar-refractivity contribution in [2.45, 2.75) is 47.3 Å². The van der Waals surface area contributed by atoms with Crippen LogP contribution in [0, 0.1) is 0 Å². The fourth-order valence-corrected chi connectivity index (χ4v) is 13.3. The van der Waals surface area contributed by atoms with Crippen LogP contribution in [-0.2, 0) is 0 Å². The van der Waals surface area contributed by atoms with E-state index in [1.54, 1.807) is 3.59 Å². The molecular formula is C11H25ClSiSn. The SMILES string of the molecule is C[Si](C)(C)/C=[C](/CCCCl)[Sn]([CH3])([CH3])[CH3]. The molecule has 0 saturated carbocycles. The second-order valence-electron chi connectivity index (χ2n) is 6.08. The monoisotopic (exact) mass is 340 g/mol. The van der Waals surface area contributed by atoms with Crippen molar-refractivity contribution in [3.63, 3.8) is 0 Å². The summed E-state index contributed by atoms with van der Waals surface area (Å²) in [6, 6.07) is 0. The molecule has 0 aromatic rings. The van der Waals surface area contributed by atoms with Crippen molar-refractivity contribution in [2.75, 3.05) is 5.88 Å². The summed E-state index contributed by atoms with van der Waals surface area (Å²) in [5.74, 6) is 0.811. The summed E-state index contributed by atoms with van der Waals surface area (Å²) < 4.78 is 1.80. The summed E-state index contributed by atoms with van der Waals surface area (Å²) in [7, 11) is -1.03. The first-order valence-corrected chi connectivity index (χ1v) is 19.5. The van der Waals surface area contributed by atoms with E-state index in [9.17, 15) is 0 Å². The molecule has 0 nitrogen and oxygen atoms in total. The van der Waals surface area contributed by atoms with E-state index in [0.717, 1.165) is 12.3 Å². The van der Waals surface area contributed by atoms with E-state index in [1.807, 2.05) is 0 Å². The molecule has 0 N–H and O–H groups in total. The molecule has 84 valence electrons. The van der Waals surface area contributed by atoms with Gasteiger partial charge in [-0.15, -0.1) is 0 Å². The third-order valence-corrected chi connectivity index (χ3v) is 11.1. The second-order valence-corrected chi connectivity index (χ2v) is 26.2. The zero-order chi connectivity index (χ0) is 11.4. The van der Waals surface area contributed by atoms with E-state index < -0.39 is 26.5 Å². The van der Waals surface area contributed by atoms with Crippen LogP contribution in [0.5, 0.6) is 0 Å². The quantitative estimate of drug-likeness (QED) is 0.504. The predicted molar refractivity (Wildman–Crippen MR) is 74.7 cm³/mol. The molecule has 14 heavy (non-hydrogen) atoms. The Bertz CT molecular complexity index is 198. The van der Waals surface area contributed by atoms with Gasteiger partial charge in [-0.25, -0.2) is 0 Å². The molecule has 0 aromatic heterocycles. The van der Waals surface area contributed by atoms with Crippen molar-refractivity contribution in [1.82, 2.24) is 0 Å². The van der Waals surface area contributed by atoms with E-state index in [1.165, 1.54) is 6.42 Å². The number of alkyl halides is 1. The zero-order valence-electron chi connectivity index (χ0n) is 10.6. The normalized spacial score (nSPS) is 14.6. The molecule has 0 spiro atoms. The predicted octanol–water partition coefficient (Wildman–Crippen LogP) is 4.69. The molecule has 0 radical (unpaired) electrons. The van der Waals surface area contributed by atoms with Crippen LogP contribution in [0.4, 0.5) is 0 Å². The summed E-state index contributed by atoms with van der Waals surface area (Å²) in [5, 5.41) is 0. The molecule has 0 saturated heterocycles. The van der Waals surface area contributed by atoms with Crippen LogP contribution < -0.4 is 0 Å². The van der Waals surface area contributed by atoms with E-state index in [4.69, 9.17) is 11.6 Å². The Hall–Kier alpha value is 1.05. The molecule has 0 heterocycles. The Balaban J connectivity index is 4.65. The molecule has 0 amide bonds. The first-order chi connectivity index (χ1) is 6.17. The molecule has 0 bridgehead atoms. The Morgan fingerprint density at radius 3 is 2.00 bits per heavy atom. The van der Waals surface area contributed by atoms with Crippen LogP contribution in [0.25, 0.3) is 0 Å². The average molecular weight is 340 g/mol. The van der Waals surface area contributed by atoms with Gasteiger partial charge in [-0.05, 0) is 0 Å². The fourth-order valence-electron chi connectivity index (χ4n) is 1.44. The first-order valence-electron chi connectivity index (χ1n) is 5.45. The van der Waals surface area contributed by atoms with Crippen LogP contribution in [0.1, 0.15) is 12.8 Å². The Morgan fingerprint density at radius 1 is 1.21 bits per heavy atom. The number of hydrogen-bond donors (Lipinski definition) is 0. The number of rotatable bonds is 5. The van der Waals surface area contributed by atoms with Gasteiger partial charge in [-0.1, -0.05) is 0 Å². The minimum atomic E-state index is -1.82. The Labute approximate surface area is 100 Å². The van der Waals surface area contributed by atoms with Gasteiger partial charge in [0.15, 0.2) is 0 Å². The van der Waals surface area contributed by atoms with Gasteiger partial charge in [0.05, 0.1) is 0 Å². The summed E-state index contributed by atoms with van der Waals surface area (Å²) in [6.45, 7) is 7.27. The standard InChI is InChI=1S/C8H16ClSi.3CH3.Sn/c1-10(2,3)8-6-4-5-7-9;;;;/h8H,4-5,7H2,1-3H3;3*1H3;. The summed E-state index contributed by atoms with van der Waals surface area (Å²) >= 11 is 3.96. The van der Waals surface area contributed by atoms with Gasteiger partial charge >= 0.3 is 101 Å². The van der Waals surface area contributed by atoms with E-state index >= 15 is 0 Å². The third-order valence-electron chi connectivity index (χ3n) is 2.15. The topological polar surface area (TPSA) is 0 Å². The molecule has 0 rings (SSSR count). The van der Waals surface area contributed by atoms with E-state index in [2.05, 4.69) is 40.2 Å². The van der Waals surface area contributed by atoms with Crippen LogP contribution >= 0.6 is 11.6 Å². The van der Waals surface area contributed by atoms with Crippen LogP contribution in [0.3, 0.4) is 0 Å². The Kier molecular flexibility index (Phi) is 6.39. The zero-order valence-corrected chi connectivity index (χ0v) is 15.2. The van der Waals surface area contributed by atoms with Crippen molar-refractivity contribution < 1.29 is 0 Å². The third kappa shape index (κ3) is 7.35. The van der Waals surface area contributed by atoms with Gasteiger partial charge in [0.25, 0.3) is 0 Å². The van der Waals surface area contributed by atoms with Crippen molar-refractivity contribution in [3.8, 4) is 0 Å². The molecule has 0 aliphatic heterocycles. The number of halogens is 1. The van der Waals surface area contributed by atoms with Gasteiger partial charge in [-0.2, -0.15) is 0 Å². The van der Waals surface area contributed by atoms with Crippen molar-refractivity contribution in [2.24, 2.45) is 0 Å². The molecule has 0 aliphatic carbocycles.